The molecular weight excluding hydrogens is 415 g/mol. The Morgan fingerprint density at radius 3 is 2.75 bits per heavy atom. The first-order valence-corrected chi connectivity index (χ1v) is 10.7. The van der Waals surface area contributed by atoms with Crippen LogP contribution in [0.5, 0.6) is 11.6 Å². The number of benzene rings is 1. The van der Waals surface area contributed by atoms with Crippen molar-refractivity contribution < 1.29 is 28.2 Å². The minimum absolute atomic E-state index is 0.0839. The third-order valence-electron chi connectivity index (χ3n) is 6.04. The second-order valence-electron chi connectivity index (χ2n) is 8.66. The maximum Gasteiger partial charge on any atom is 0.268 e. The van der Waals surface area contributed by atoms with Gasteiger partial charge in [0.05, 0.1) is 18.4 Å². The number of amides is 1. The van der Waals surface area contributed by atoms with Crippen molar-refractivity contribution in [3.8, 4) is 11.6 Å². The van der Waals surface area contributed by atoms with Gasteiger partial charge in [-0.25, -0.2) is 9.37 Å². The van der Waals surface area contributed by atoms with Crippen molar-refractivity contribution in [1.82, 2.24) is 4.98 Å². The lowest BCUT2D eigenvalue weighted by atomic mass is 10.1. The van der Waals surface area contributed by atoms with Crippen LogP contribution in [-0.2, 0) is 16.0 Å². The fourth-order valence-corrected chi connectivity index (χ4v) is 3.86. The van der Waals surface area contributed by atoms with Gasteiger partial charge in [-0.05, 0) is 44.0 Å². The van der Waals surface area contributed by atoms with E-state index in [1.165, 1.54) is 17.2 Å². The van der Waals surface area contributed by atoms with Gasteiger partial charge in [0, 0.05) is 50.2 Å². The average Bonchev–Trinajstić information content (AvgIpc) is 3.32. The van der Waals surface area contributed by atoms with Crippen LogP contribution < -0.4 is 14.4 Å². The van der Waals surface area contributed by atoms with Gasteiger partial charge in [-0.1, -0.05) is 0 Å². The van der Waals surface area contributed by atoms with Gasteiger partial charge in [-0.2, -0.15) is 0 Å². The highest BCUT2D eigenvalue weighted by molar-refractivity contribution is 6.04. The molecule has 4 rings (SSSR count). The SMILES string of the molecule is COC(C)(C)CCOc1ccc(O[C@@H]2CCN(c3cc(F)c4c(c3)C(=O)CC4)C2=O)cn1. The molecule has 1 amide bonds. The molecule has 0 unspecified atom stereocenters. The normalized spacial score (nSPS) is 18.2. The minimum Gasteiger partial charge on any atom is -0.479 e. The van der Waals surface area contributed by atoms with Gasteiger partial charge in [0.1, 0.15) is 11.6 Å². The molecule has 0 bridgehead atoms. The third kappa shape index (κ3) is 4.60. The predicted octanol–water partition coefficient (Wildman–Crippen LogP) is 3.73. The van der Waals surface area contributed by atoms with E-state index in [9.17, 15) is 14.0 Å². The first-order valence-electron chi connectivity index (χ1n) is 10.7. The van der Waals surface area contributed by atoms with Gasteiger partial charge in [-0.3, -0.25) is 9.59 Å². The topological polar surface area (TPSA) is 78.0 Å². The van der Waals surface area contributed by atoms with E-state index in [0.717, 1.165) is 0 Å². The Morgan fingerprint density at radius 2 is 2.03 bits per heavy atom. The minimum atomic E-state index is -0.696. The number of halogens is 1. The van der Waals surface area contributed by atoms with Gasteiger partial charge in [-0.15, -0.1) is 0 Å². The smallest absolute Gasteiger partial charge is 0.268 e. The zero-order valence-electron chi connectivity index (χ0n) is 18.5. The quantitative estimate of drug-likeness (QED) is 0.620. The van der Waals surface area contributed by atoms with Crippen molar-refractivity contribution in [2.45, 2.75) is 51.2 Å². The summed E-state index contributed by atoms with van der Waals surface area (Å²) in [5.41, 5.74) is 0.948. The molecule has 32 heavy (non-hydrogen) atoms. The Bertz CT molecular complexity index is 1020. The Hall–Kier alpha value is -3.00. The number of carbonyl (C=O) groups excluding carboxylic acids is 2. The lowest BCUT2D eigenvalue weighted by Gasteiger charge is -2.22. The molecule has 2 aromatic rings. The van der Waals surface area contributed by atoms with Crippen LogP contribution in [0.15, 0.2) is 30.5 Å². The molecule has 0 radical (unpaired) electrons. The highest BCUT2D eigenvalue weighted by Gasteiger charge is 2.36. The maximum atomic E-state index is 14.4. The van der Waals surface area contributed by atoms with Gasteiger partial charge < -0.3 is 19.1 Å². The van der Waals surface area contributed by atoms with Crippen molar-refractivity contribution in [1.29, 1.82) is 0 Å². The molecule has 0 N–H and O–H groups in total. The number of hydrogen-bond acceptors (Lipinski definition) is 6. The molecule has 7 nitrogen and oxygen atoms in total. The number of methoxy groups -OCH3 is 1. The number of ketones is 1. The van der Waals surface area contributed by atoms with Crippen molar-refractivity contribution in [2.75, 3.05) is 25.2 Å². The summed E-state index contributed by atoms with van der Waals surface area (Å²) in [7, 11) is 1.66. The van der Waals surface area contributed by atoms with Crippen molar-refractivity contribution in [3.05, 3.63) is 47.4 Å². The molecule has 1 aromatic heterocycles. The molecule has 0 spiro atoms. The van der Waals surface area contributed by atoms with Crippen LogP contribution in [0.2, 0.25) is 0 Å². The number of aromatic nitrogens is 1. The number of Topliss-reactive ketones (excluding diaryl/α,β-unsaturated/α-hetero) is 1. The predicted molar refractivity (Wildman–Crippen MR) is 116 cm³/mol. The Kier molecular flexibility index (Phi) is 6.15. The number of ether oxygens (including phenoxy) is 3. The number of carbonyl (C=O) groups is 2. The van der Waals surface area contributed by atoms with Crippen LogP contribution >= 0.6 is 0 Å². The molecule has 0 saturated carbocycles. The van der Waals surface area contributed by atoms with E-state index in [-0.39, 0.29) is 17.3 Å². The summed E-state index contributed by atoms with van der Waals surface area (Å²) in [6, 6.07) is 6.34. The maximum absolute atomic E-state index is 14.4. The van der Waals surface area contributed by atoms with Crippen LogP contribution in [0, 0.1) is 5.82 Å². The molecule has 1 aliphatic carbocycles. The highest BCUT2D eigenvalue weighted by Crippen LogP contribution is 2.32. The first kappa shape index (κ1) is 22.2. The second kappa shape index (κ2) is 8.86. The van der Waals surface area contributed by atoms with E-state index in [0.29, 0.717) is 67.3 Å². The Labute approximate surface area is 186 Å². The van der Waals surface area contributed by atoms with Crippen molar-refractivity contribution in [2.24, 2.45) is 0 Å². The highest BCUT2D eigenvalue weighted by atomic mass is 19.1. The molecule has 1 fully saturated rings. The molecule has 1 atom stereocenters. The summed E-state index contributed by atoms with van der Waals surface area (Å²) in [6.07, 6.45) is 2.71. The van der Waals surface area contributed by atoms with Gasteiger partial charge in [0.25, 0.3) is 5.91 Å². The monoisotopic (exact) mass is 442 g/mol. The van der Waals surface area contributed by atoms with Crippen LogP contribution in [0.4, 0.5) is 10.1 Å². The number of fused-ring (bicyclic) bond motifs is 1. The summed E-state index contributed by atoms with van der Waals surface area (Å²) >= 11 is 0. The number of hydrogen-bond donors (Lipinski definition) is 0. The van der Waals surface area contributed by atoms with E-state index < -0.39 is 11.9 Å². The second-order valence-corrected chi connectivity index (χ2v) is 8.66. The molecule has 170 valence electrons. The summed E-state index contributed by atoms with van der Waals surface area (Å²) < 4.78 is 31.2. The summed E-state index contributed by atoms with van der Waals surface area (Å²) in [5, 5.41) is 0. The van der Waals surface area contributed by atoms with Crippen molar-refractivity contribution >= 4 is 17.4 Å². The van der Waals surface area contributed by atoms with Crippen molar-refractivity contribution in [3.63, 3.8) is 0 Å². The molecule has 8 heteroatoms. The molecule has 1 aromatic carbocycles. The van der Waals surface area contributed by atoms with Crippen LogP contribution in [0.25, 0.3) is 0 Å². The van der Waals surface area contributed by atoms with E-state index in [4.69, 9.17) is 14.2 Å². The largest absolute Gasteiger partial charge is 0.479 e. The standard InChI is InChI=1S/C24H27FN2O5/c1-24(2,30-3)9-11-31-22-7-4-16(14-26-22)32-21-8-10-27(23(21)29)15-12-18-17(19(25)13-15)5-6-20(18)28/h4,7,12-14,21H,5-6,8-11H2,1-3H3/t21-/m1/s1. The van der Waals surface area contributed by atoms with Crippen LogP contribution in [0.1, 0.15) is 49.0 Å². The molecular formula is C24H27FN2O5. The first-order chi connectivity index (χ1) is 15.3. The number of nitrogens with zero attached hydrogens (tertiary/aromatic N) is 2. The number of pyridine rings is 1. The Balaban J connectivity index is 1.36. The average molecular weight is 442 g/mol. The number of rotatable bonds is 8. The fourth-order valence-electron chi connectivity index (χ4n) is 3.86. The molecule has 1 aliphatic heterocycles. The molecule has 2 aliphatic rings. The van der Waals surface area contributed by atoms with Gasteiger partial charge in [0.2, 0.25) is 5.88 Å². The summed E-state index contributed by atoms with van der Waals surface area (Å²) in [4.78, 5) is 30.6. The lowest BCUT2D eigenvalue weighted by Crippen LogP contribution is -2.32. The van der Waals surface area contributed by atoms with E-state index in [1.54, 1.807) is 25.3 Å². The summed E-state index contributed by atoms with van der Waals surface area (Å²) in [6.45, 7) is 4.82. The molecule has 1 saturated heterocycles. The zero-order valence-corrected chi connectivity index (χ0v) is 18.5. The van der Waals surface area contributed by atoms with Gasteiger partial charge >= 0.3 is 0 Å². The van der Waals surface area contributed by atoms with Crippen LogP contribution in [0.3, 0.4) is 0 Å². The third-order valence-corrected chi connectivity index (χ3v) is 6.04. The van der Waals surface area contributed by atoms with Crippen LogP contribution in [-0.4, -0.2) is 48.6 Å². The zero-order chi connectivity index (χ0) is 22.9. The fraction of sp³-hybridized carbons (Fsp3) is 0.458. The Morgan fingerprint density at radius 1 is 1.22 bits per heavy atom. The molecule has 2 heterocycles. The summed E-state index contributed by atoms with van der Waals surface area (Å²) in [5.74, 6) is 0.123. The van der Waals surface area contributed by atoms with E-state index in [2.05, 4.69) is 4.98 Å². The lowest BCUT2D eigenvalue weighted by molar-refractivity contribution is -0.122. The van der Waals surface area contributed by atoms with E-state index >= 15 is 0 Å². The number of anilines is 1. The van der Waals surface area contributed by atoms with Gasteiger partial charge in [0.15, 0.2) is 11.9 Å². The van der Waals surface area contributed by atoms with E-state index in [1.807, 2.05) is 13.8 Å².